The molecule has 0 saturated heterocycles. The number of nitrogens with one attached hydrogen (secondary N) is 1. The molecule has 2 heteroatoms. The van der Waals surface area contributed by atoms with Crippen LogP contribution in [0.3, 0.4) is 0 Å². The normalized spacial score (nSPS) is 31.3. The molecule has 19 heavy (non-hydrogen) atoms. The molecule has 2 nitrogen and oxygen atoms in total. The van der Waals surface area contributed by atoms with Crippen molar-refractivity contribution in [1.29, 1.82) is 0 Å². The Kier molecular flexibility index (Phi) is 6.15. The van der Waals surface area contributed by atoms with Crippen LogP contribution in [-0.2, 0) is 4.74 Å². The van der Waals surface area contributed by atoms with E-state index in [1.807, 2.05) is 0 Å². The van der Waals surface area contributed by atoms with Crippen molar-refractivity contribution in [1.82, 2.24) is 5.32 Å². The van der Waals surface area contributed by atoms with Crippen LogP contribution in [0.15, 0.2) is 0 Å². The van der Waals surface area contributed by atoms with E-state index in [0.29, 0.717) is 6.10 Å². The maximum Gasteiger partial charge on any atom is 0.0810 e. The molecular formula is C17H33NO. The minimum Gasteiger partial charge on any atom is -0.370 e. The Bertz CT molecular complexity index is 248. The molecule has 0 spiro atoms. The van der Waals surface area contributed by atoms with Crippen LogP contribution < -0.4 is 5.32 Å². The molecule has 0 aromatic rings. The molecule has 0 aromatic carbocycles. The van der Waals surface area contributed by atoms with E-state index < -0.39 is 0 Å². The highest BCUT2D eigenvalue weighted by Crippen LogP contribution is 2.36. The van der Waals surface area contributed by atoms with Gasteiger partial charge in [0.05, 0.1) is 11.7 Å². The Balaban J connectivity index is 1.88. The number of ether oxygens (including phenoxy) is 1. The van der Waals surface area contributed by atoms with E-state index in [2.05, 4.69) is 19.2 Å². The van der Waals surface area contributed by atoms with Gasteiger partial charge in [-0.2, -0.15) is 0 Å². The van der Waals surface area contributed by atoms with Crippen molar-refractivity contribution in [2.24, 2.45) is 5.92 Å². The lowest BCUT2D eigenvalue weighted by molar-refractivity contribution is -0.126. The maximum absolute atomic E-state index is 6.67. The van der Waals surface area contributed by atoms with Gasteiger partial charge in [0.25, 0.3) is 0 Å². The van der Waals surface area contributed by atoms with Gasteiger partial charge in [0.1, 0.15) is 0 Å². The molecule has 2 rings (SSSR count). The van der Waals surface area contributed by atoms with Gasteiger partial charge in [-0.15, -0.1) is 0 Å². The van der Waals surface area contributed by atoms with E-state index in [1.54, 1.807) is 0 Å². The summed E-state index contributed by atoms with van der Waals surface area (Å²) in [7, 11) is 0. The van der Waals surface area contributed by atoms with Crippen LogP contribution in [0.5, 0.6) is 0 Å². The Morgan fingerprint density at radius 1 is 1.11 bits per heavy atom. The third-order valence-corrected chi connectivity index (χ3v) is 4.94. The van der Waals surface area contributed by atoms with Crippen LogP contribution in [-0.4, -0.2) is 24.8 Å². The second kappa shape index (κ2) is 7.64. The highest BCUT2D eigenvalue weighted by Gasteiger charge is 2.36. The summed E-state index contributed by atoms with van der Waals surface area (Å²) in [5.41, 5.74) is 0.162. The Hall–Kier alpha value is -0.0800. The summed E-state index contributed by atoms with van der Waals surface area (Å²) in [6, 6.07) is 0. The van der Waals surface area contributed by atoms with Crippen LogP contribution in [0, 0.1) is 5.92 Å². The highest BCUT2D eigenvalue weighted by molar-refractivity contribution is 4.89. The summed E-state index contributed by atoms with van der Waals surface area (Å²) in [5.74, 6) is 0.864. The molecule has 0 aromatic heterocycles. The fourth-order valence-corrected chi connectivity index (χ4v) is 3.86. The summed E-state index contributed by atoms with van der Waals surface area (Å²) >= 11 is 0. The maximum atomic E-state index is 6.67. The zero-order chi connectivity index (χ0) is 13.6. The van der Waals surface area contributed by atoms with Gasteiger partial charge < -0.3 is 10.1 Å². The topological polar surface area (TPSA) is 21.3 Å². The van der Waals surface area contributed by atoms with E-state index >= 15 is 0 Å². The fourth-order valence-electron chi connectivity index (χ4n) is 3.86. The molecule has 0 heterocycles. The summed E-state index contributed by atoms with van der Waals surface area (Å²) in [4.78, 5) is 0. The Morgan fingerprint density at radius 2 is 1.89 bits per heavy atom. The number of rotatable bonds is 6. The van der Waals surface area contributed by atoms with Crippen molar-refractivity contribution in [2.45, 2.75) is 89.8 Å². The van der Waals surface area contributed by atoms with E-state index in [-0.39, 0.29) is 5.60 Å². The Labute approximate surface area is 119 Å². The van der Waals surface area contributed by atoms with Crippen LogP contribution in [0.4, 0.5) is 0 Å². The molecule has 2 aliphatic rings. The van der Waals surface area contributed by atoms with Crippen molar-refractivity contribution >= 4 is 0 Å². The second-order valence-corrected chi connectivity index (χ2v) is 6.93. The molecule has 1 N–H and O–H groups in total. The lowest BCUT2D eigenvalue weighted by Crippen LogP contribution is -2.47. The average Bonchev–Trinajstić information content (AvgIpc) is 2.40. The molecule has 2 atom stereocenters. The molecular weight excluding hydrogens is 234 g/mol. The summed E-state index contributed by atoms with van der Waals surface area (Å²) in [5, 5.41) is 3.62. The highest BCUT2D eigenvalue weighted by atomic mass is 16.5. The lowest BCUT2D eigenvalue weighted by atomic mass is 9.83. The van der Waals surface area contributed by atoms with Crippen molar-refractivity contribution < 1.29 is 4.74 Å². The van der Waals surface area contributed by atoms with Crippen LogP contribution in [0.25, 0.3) is 0 Å². The average molecular weight is 267 g/mol. The molecule has 2 fully saturated rings. The summed E-state index contributed by atoms with van der Waals surface area (Å²) in [6.45, 7) is 6.83. The van der Waals surface area contributed by atoms with Crippen molar-refractivity contribution in [3.8, 4) is 0 Å². The van der Waals surface area contributed by atoms with Crippen LogP contribution in [0.2, 0.25) is 0 Å². The van der Waals surface area contributed by atoms with Crippen LogP contribution in [0.1, 0.15) is 78.1 Å². The van der Waals surface area contributed by atoms with E-state index in [0.717, 1.165) is 19.0 Å². The monoisotopic (exact) mass is 267 g/mol. The van der Waals surface area contributed by atoms with Crippen molar-refractivity contribution in [3.05, 3.63) is 0 Å². The lowest BCUT2D eigenvalue weighted by Gasteiger charge is -2.42. The first-order valence-corrected chi connectivity index (χ1v) is 8.63. The number of hydrogen-bond acceptors (Lipinski definition) is 2. The minimum atomic E-state index is 0.162. The first-order chi connectivity index (χ1) is 9.24. The molecule has 0 amide bonds. The molecule has 112 valence electrons. The molecule has 2 saturated carbocycles. The molecule has 0 bridgehead atoms. The number of hydrogen-bond donors (Lipinski definition) is 1. The van der Waals surface area contributed by atoms with Crippen molar-refractivity contribution in [3.63, 3.8) is 0 Å². The van der Waals surface area contributed by atoms with Gasteiger partial charge in [-0.3, -0.25) is 0 Å². The van der Waals surface area contributed by atoms with E-state index in [1.165, 1.54) is 64.2 Å². The van der Waals surface area contributed by atoms with Gasteiger partial charge in [-0.05, 0) is 44.6 Å². The molecule has 2 aliphatic carbocycles. The molecule has 2 unspecified atom stereocenters. The first-order valence-electron chi connectivity index (χ1n) is 8.63. The minimum absolute atomic E-state index is 0.162. The largest absolute Gasteiger partial charge is 0.370 e. The third kappa shape index (κ3) is 4.75. The predicted molar refractivity (Wildman–Crippen MR) is 81.5 cm³/mol. The van der Waals surface area contributed by atoms with Gasteiger partial charge in [0.2, 0.25) is 0 Å². The predicted octanol–water partition coefficient (Wildman–Crippen LogP) is 4.28. The first kappa shape index (κ1) is 15.3. The van der Waals surface area contributed by atoms with Gasteiger partial charge >= 0.3 is 0 Å². The Morgan fingerprint density at radius 3 is 2.58 bits per heavy atom. The summed E-state index contributed by atoms with van der Waals surface area (Å²) < 4.78 is 6.67. The smallest absolute Gasteiger partial charge is 0.0810 e. The summed E-state index contributed by atoms with van der Waals surface area (Å²) in [6.07, 6.45) is 13.8. The van der Waals surface area contributed by atoms with E-state index in [4.69, 9.17) is 4.74 Å². The van der Waals surface area contributed by atoms with Gasteiger partial charge in [0, 0.05) is 6.54 Å². The zero-order valence-electron chi connectivity index (χ0n) is 13.0. The molecule has 0 radical (unpaired) electrons. The zero-order valence-corrected chi connectivity index (χ0v) is 13.0. The van der Waals surface area contributed by atoms with Gasteiger partial charge in [-0.25, -0.2) is 0 Å². The molecule has 0 aliphatic heterocycles. The quantitative estimate of drug-likeness (QED) is 0.725. The SMILES string of the molecule is CCCNCC1(OC2CCCC(C)C2)CCCCC1. The standard InChI is InChI=1S/C17H33NO/c1-3-12-18-14-17(10-5-4-6-11-17)19-16-9-7-8-15(2)13-16/h15-16,18H,3-14H2,1-2H3. The van der Waals surface area contributed by atoms with Crippen molar-refractivity contribution in [2.75, 3.05) is 13.1 Å². The van der Waals surface area contributed by atoms with E-state index in [9.17, 15) is 0 Å². The fraction of sp³-hybridized carbons (Fsp3) is 1.00. The van der Waals surface area contributed by atoms with Gasteiger partial charge in [-0.1, -0.05) is 46.0 Å². The van der Waals surface area contributed by atoms with Gasteiger partial charge in [0.15, 0.2) is 0 Å². The third-order valence-electron chi connectivity index (χ3n) is 4.94. The second-order valence-electron chi connectivity index (χ2n) is 6.93. The van der Waals surface area contributed by atoms with Crippen LogP contribution >= 0.6 is 0 Å².